The van der Waals surface area contributed by atoms with E-state index in [-0.39, 0.29) is 6.04 Å². The standard InChI is InChI=1S/C10H18N2O3/c1-15-10(14)9(13)12(7-6-11)8-4-2-3-5-8/h8H,2-7,11H2,1H3. The van der Waals surface area contributed by atoms with Crippen LogP contribution < -0.4 is 5.73 Å². The van der Waals surface area contributed by atoms with Gasteiger partial charge >= 0.3 is 11.9 Å². The Labute approximate surface area is 89.6 Å². The van der Waals surface area contributed by atoms with Crippen LogP contribution in [0.15, 0.2) is 0 Å². The lowest BCUT2D eigenvalue weighted by Crippen LogP contribution is -2.45. The van der Waals surface area contributed by atoms with Crippen molar-refractivity contribution in [1.29, 1.82) is 0 Å². The van der Waals surface area contributed by atoms with Crippen molar-refractivity contribution in [3.63, 3.8) is 0 Å². The maximum absolute atomic E-state index is 11.6. The molecule has 1 rings (SSSR count). The van der Waals surface area contributed by atoms with E-state index in [4.69, 9.17) is 5.73 Å². The second-order valence-electron chi connectivity index (χ2n) is 3.72. The number of nitrogens with zero attached hydrogens (tertiary/aromatic N) is 1. The summed E-state index contributed by atoms with van der Waals surface area (Å²) in [7, 11) is 1.22. The Hall–Kier alpha value is -1.10. The van der Waals surface area contributed by atoms with Crippen molar-refractivity contribution in [3.05, 3.63) is 0 Å². The molecular formula is C10H18N2O3. The molecule has 0 aromatic carbocycles. The van der Waals surface area contributed by atoms with Crippen LogP contribution in [0.3, 0.4) is 0 Å². The predicted octanol–water partition coefficient (Wildman–Crippen LogP) is -0.111. The zero-order valence-electron chi connectivity index (χ0n) is 9.07. The van der Waals surface area contributed by atoms with E-state index in [2.05, 4.69) is 4.74 Å². The van der Waals surface area contributed by atoms with E-state index in [0.717, 1.165) is 25.7 Å². The van der Waals surface area contributed by atoms with E-state index in [9.17, 15) is 9.59 Å². The zero-order chi connectivity index (χ0) is 11.3. The van der Waals surface area contributed by atoms with Crippen molar-refractivity contribution >= 4 is 11.9 Å². The van der Waals surface area contributed by atoms with Gasteiger partial charge in [0, 0.05) is 19.1 Å². The van der Waals surface area contributed by atoms with Crippen LogP contribution in [0.1, 0.15) is 25.7 Å². The van der Waals surface area contributed by atoms with Crippen LogP contribution in [0.25, 0.3) is 0 Å². The molecule has 5 heteroatoms. The van der Waals surface area contributed by atoms with Gasteiger partial charge in [-0.15, -0.1) is 0 Å². The monoisotopic (exact) mass is 214 g/mol. The Morgan fingerprint density at radius 1 is 1.40 bits per heavy atom. The van der Waals surface area contributed by atoms with Crippen LogP contribution in [0.2, 0.25) is 0 Å². The molecule has 0 atom stereocenters. The molecule has 5 nitrogen and oxygen atoms in total. The summed E-state index contributed by atoms with van der Waals surface area (Å²) in [6, 6.07) is 0.167. The fraction of sp³-hybridized carbons (Fsp3) is 0.800. The number of hydrogen-bond donors (Lipinski definition) is 1. The second kappa shape index (κ2) is 5.70. The number of ether oxygens (including phenoxy) is 1. The Morgan fingerprint density at radius 3 is 2.47 bits per heavy atom. The SMILES string of the molecule is COC(=O)C(=O)N(CCN)C1CCCC1. The highest BCUT2D eigenvalue weighted by atomic mass is 16.5. The third-order valence-electron chi connectivity index (χ3n) is 2.76. The average molecular weight is 214 g/mol. The van der Waals surface area contributed by atoms with E-state index < -0.39 is 11.9 Å². The number of amides is 1. The molecule has 0 radical (unpaired) electrons. The number of nitrogens with two attached hydrogens (primary N) is 1. The van der Waals surface area contributed by atoms with E-state index in [0.29, 0.717) is 13.1 Å². The smallest absolute Gasteiger partial charge is 0.396 e. The molecule has 0 heterocycles. The molecule has 1 saturated carbocycles. The first-order chi connectivity index (χ1) is 7.20. The minimum absolute atomic E-state index is 0.167. The Balaban J connectivity index is 2.63. The third-order valence-corrected chi connectivity index (χ3v) is 2.76. The van der Waals surface area contributed by atoms with Crippen LogP contribution in [-0.4, -0.2) is 43.0 Å². The molecule has 0 bridgehead atoms. The molecule has 0 spiro atoms. The van der Waals surface area contributed by atoms with Gasteiger partial charge in [-0.2, -0.15) is 0 Å². The number of carbonyl (C=O) groups is 2. The summed E-state index contributed by atoms with van der Waals surface area (Å²) in [6.45, 7) is 0.803. The van der Waals surface area contributed by atoms with Gasteiger partial charge in [0.1, 0.15) is 0 Å². The summed E-state index contributed by atoms with van der Waals surface area (Å²) in [5.41, 5.74) is 5.43. The van der Waals surface area contributed by atoms with Gasteiger partial charge in [-0.3, -0.25) is 4.79 Å². The van der Waals surface area contributed by atoms with E-state index >= 15 is 0 Å². The summed E-state index contributed by atoms with van der Waals surface area (Å²) < 4.78 is 4.43. The van der Waals surface area contributed by atoms with Crippen LogP contribution in [0.4, 0.5) is 0 Å². The molecule has 0 aromatic rings. The fourth-order valence-corrected chi connectivity index (χ4v) is 2.01. The molecule has 1 aliphatic rings. The van der Waals surface area contributed by atoms with Crippen molar-refractivity contribution in [2.45, 2.75) is 31.7 Å². The quantitative estimate of drug-likeness (QED) is 0.525. The minimum atomic E-state index is -0.796. The number of methoxy groups -OCH3 is 1. The van der Waals surface area contributed by atoms with Crippen molar-refractivity contribution in [1.82, 2.24) is 4.90 Å². The van der Waals surface area contributed by atoms with Crippen molar-refractivity contribution < 1.29 is 14.3 Å². The summed E-state index contributed by atoms with van der Waals surface area (Å²) in [5, 5.41) is 0. The van der Waals surface area contributed by atoms with Crippen molar-refractivity contribution in [3.8, 4) is 0 Å². The van der Waals surface area contributed by atoms with Crippen molar-refractivity contribution in [2.24, 2.45) is 5.73 Å². The van der Waals surface area contributed by atoms with Crippen molar-refractivity contribution in [2.75, 3.05) is 20.2 Å². The lowest BCUT2D eigenvalue weighted by Gasteiger charge is -2.27. The molecule has 0 unspecified atom stereocenters. The normalized spacial score (nSPS) is 16.4. The average Bonchev–Trinajstić information content (AvgIpc) is 2.77. The summed E-state index contributed by atoms with van der Waals surface area (Å²) in [4.78, 5) is 24.3. The lowest BCUT2D eigenvalue weighted by atomic mass is 10.2. The van der Waals surface area contributed by atoms with Gasteiger partial charge in [-0.05, 0) is 12.8 Å². The van der Waals surface area contributed by atoms with Gasteiger partial charge in [0.05, 0.1) is 7.11 Å². The molecular weight excluding hydrogens is 196 g/mol. The zero-order valence-corrected chi connectivity index (χ0v) is 9.07. The van der Waals surface area contributed by atoms with E-state index in [1.54, 1.807) is 4.90 Å². The highest BCUT2D eigenvalue weighted by molar-refractivity contribution is 6.32. The number of hydrogen-bond acceptors (Lipinski definition) is 4. The Kier molecular flexibility index (Phi) is 4.55. The van der Waals surface area contributed by atoms with Crippen LogP contribution in [0, 0.1) is 0 Å². The van der Waals surface area contributed by atoms with Gasteiger partial charge in [-0.25, -0.2) is 4.79 Å². The first kappa shape index (κ1) is 12.0. The minimum Gasteiger partial charge on any atom is -0.462 e. The molecule has 15 heavy (non-hydrogen) atoms. The predicted molar refractivity (Wildman–Crippen MR) is 55.0 cm³/mol. The van der Waals surface area contributed by atoms with Gasteiger partial charge in [0.15, 0.2) is 0 Å². The molecule has 1 fully saturated rings. The summed E-state index contributed by atoms with van der Waals surface area (Å²) >= 11 is 0. The van der Waals surface area contributed by atoms with Gasteiger partial charge < -0.3 is 15.4 Å². The van der Waals surface area contributed by atoms with Crippen LogP contribution in [-0.2, 0) is 14.3 Å². The van der Waals surface area contributed by atoms with Gasteiger partial charge in [0.25, 0.3) is 0 Å². The first-order valence-corrected chi connectivity index (χ1v) is 5.29. The van der Waals surface area contributed by atoms with E-state index in [1.807, 2.05) is 0 Å². The van der Waals surface area contributed by atoms with Gasteiger partial charge in [-0.1, -0.05) is 12.8 Å². The van der Waals surface area contributed by atoms with Crippen LogP contribution >= 0.6 is 0 Å². The summed E-state index contributed by atoms with van der Waals surface area (Å²) in [6.07, 6.45) is 4.14. The molecule has 1 aliphatic carbocycles. The Bertz CT molecular complexity index is 237. The largest absolute Gasteiger partial charge is 0.462 e. The fourth-order valence-electron chi connectivity index (χ4n) is 2.01. The molecule has 1 amide bonds. The highest BCUT2D eigenvalue weighted by Gasteiger charge is 2.30. The maximum atomic E-state index is 11.6. The molecule has 0 aliphatic heterocycles. The molecule has 0 aromatic heterocycles. The first-order valence-electron chi connectivity index (χ1n) is 5.29. The molecule has 0 saturated heterocycles. The Morgan fingerprint density at radius 2 is 2.00 bits per heavy atom. The lowest BCUT2D eigenvalue weighted by molar-refractivity contribution is -0.159. The second-order valence-corrected chi connectivity index (χ2v) is 3.72. The topological polar surface area (TPSA) is 72.6 Å². The molecule has 2 N–H and O–H groups in total. The van der Waals surface area contributed by atoms with Crippen LogP contribution in [0.5, 0.6) is 0 Å². The summed E-state index contributed by atoms with van der Waals surface area (Å²) in [5.74, 6) is -1.36. The maximum Gasteiger partial charge on any atom is 0.396 e. The number of esters is 1. The third kappa shape index (κ3) is 2.92. The number of rotatable bonds is 3. The van der Waals surface area contributed by atoms with Gasteiger partial charge in [0.2, 0.25) is 0 Å². The molecule has 86 valence electrons. The number of carbonyl (C=O) groups excluding carboxylic acids is 2. The highest BCUT2D eigenvalue weighted by Crippen LogP contribution is 2.23. The van der Waals surface area contributed by atoms with E-state index in [1.165, 1.54) is 7.11 Å².